The zero-order valence-corrected chi connectivity index (χ0v) is 14.4. The van der Waals surface area contributed by atoms with Gasteiger partial charge in [0.1, 0.15) is 10.8 Å². The fourth-order valence-corrected chi connectivity index (χ4v) is 2.50. The Kier molecular flexibility index (Phi) is 5.64. The van der Waals surface area contributed by atoms with Gasteiger partial charge in [0.2, 0.25) is 0 Å². The van der Waals surface area contributed by atoms with Crippen LogP contribution in [0.15, 0.2) is 30.3 Å². The number of rotatable bonds is 5. The van der Waals surface area contributed by atoms with Crippen molar-refractivity contribution in [3.05, 3.63) is 61.6 Å². The zero-order valence-electron chi connectivity index (χ0n) is 12.9. The fraction of sp³-hybridized carbons (Fsp3) is 0.188. The van der Waals surface area contributed by atoms with E-state index in [9.17, 15) is 14.9 Å². The van der Waals surface area contributed by atoms with E-state index < -0.39 is 10.8 Å². The van der Waals surface area contributed by atoms with E-state index in [1.165, 1.54) is 12.1 Å². The molecule has 0 aliphatic carbocycles. The van der Waals surface area contributed by atoms with E-state index in [1.54, 1.807) is 25.1 Å². The zero-order chi connectivity index (χ0) is 17.9. The van der Waals surface area contributed by atoms with E-state index >= 15 is 0 Å². The van der Waals surface area contributed by atoms with Gasteiger partial charge in [0.25, 0.3) is 11.6 Å². The molecule has 0 heterocycles. The van der Waals surface area contributed by atoms with Gasteiger partial charge in [-0.05, 0) is 49.2 Å². The standard InChI is InChI=1S/C16H14Cl2N2O4/c1-9-6-14(20(22)23)12(18)7-13(9)19-16(21)8-24-15-4-3-11(17)5-10(15)2/h3-7H,8H2,1-2H3,(H,19,21). The Morgan fingerprint density at radius 1 is 1.21 bits per heavy atom. The molecule has 0 aliphatic rings. The predicted molar refractivity (Wildman–Crippen MR) is 93.2 cm³/mol. The van der Waals surface area contributed by atoms with E-state index in [2.05, 4.69) is 5.32 Å². The van der Waals surface area contributed by atoms with Crippen LogP contribution in [0.5, 0.6) is 5.75 Å². The fourth-order valence-electron chi connectivity index (χ4n) is 2.05. The number of hydrogen-bond acceptors (Lipinski definition) is 4. The average Bonchev–Trinajstić information content (AvgIpc) is 2.49. The lowest BCUT2D eigenvalue weighted by Crippen LogP contribution is -2.21. The summed E-state index contributed by atoms with van der Waals surface area (Å²) in [6, 6.07) is 7.73. The van der Waals surface area contributed by atoms with Crippen molar-refractivity contribution >= 4 is 40.5 Å². The molecule has 8 heteroatoms. The number of nitrogens with zero attached hydrogens (tertiary/aromatic N) is 1. The highest BCUT2D eigenvalue weighted by atomic mass is 35.5. The number of anilines is 1. The quantitative estimate of drug-likeness (QED) is 0.620. The minimum absolute atomic E-state index is 0.0460. The molecular formula is C16H14Cl2N2O4. The monoisotopic (exact) mass is 368 g/mol. The van der Waals surface area contributed by atoms with E-state index in [4.69, 9.17) is 27.9 Å². The number of nitrogens with one attached hydrogen (secondary N) is 1. The van der Waals surface area contributed by atoms with Gasteiger partial charge in [0.15, 0.2) is 6.61 Å². The summed E-state index contributed by atoms with van der Waals surface area (Å²) >= 11 is 11.7. The van der Waals surface area contributed by atoms with Gasteiger partial charge in [-0.25, -0.2) is 0 Å². The minimum atomic E-state index is -0.576. The Labute approximate surface area is 148 Å². The van der Waals surface area contributed by atoms with Crippen molar-refractivity contribution in [1.29, 1.82) is 0 Å². The second-order valence-electron chi connectivity index (χ2n) is 5.12. The molecule has 2 rings (SSSR count). The van der Waals surface area contributed by atoms with Gasteiger partial charge < -0.3 is 10.1 Å². The largest absolute Gasteiger partial charge is 0.483 e. The summed E-state index contributed by atoms with van der Waals surface area (Å²) in [5.74, 6) is 0.144. The van der Waals surface area contributed by atoms with Crippen LogP contribution in [0.4, 0.5) is 11.4 Å². The van der Waals surface area contributed by atoms with E-state index in [0.29, 0.717) is 22.0 Å². The van der Waals surface area contributed by atoms with Crippen molar-refractivity contribution in [2.75, 3.05) is 11.9 Å². The van der Waals surface area contributed by atoms with Crippen LogP contribution in [-0.4, -0.2) is 17.4 Å². The molecule has 2 aromatic carbocycles. The van der Waals surface area contributed by atoms with Gasteiger partial charge in [-0.15, -0.1) is 0 Å². The molecule has 0 saturated carbocycles. The van der Waals surface area contributed by atoms with Crippen LogP contribution in [0.3, 0.4) is 0 Å². The Balaban J connectivity index is 2.05. The molecule has 0 fully saturated rings. The van der Waals surface area contributed by atoms with Gasteiger partial charge >= 0.3 is 0 Å². The third-order valence-corrected chi connectivity index (χ3v) is 3.80. The van der Waals surface area contributed by atoms with Crippen molar-refractivity contribution in [1.82, 2.24) is 0 Å². The van der Waals surface area contributed by atoms with Gasteiger partial charge in [-0.3, -0.25) is 14.9 Å². The highest BCUT2D eigenvalue weighted by Gasteiger charge is 2.16. The van der Waals surface area contributed by atoms with Crippen LogP contribution in [0.1, 0.15) is 11.1 Å². The summed E-state index contributed by atoms with van der Waals surface area (Å²) in [5, 5.41) is 14.0. The first-order valence-electron chi connectivity index (χ1n) is 6.91. The second kappa shape index (κ2) is 7.51. The molecule has 0 aliphatic heterocycles. The minimum Gasteiger partial charge on any atom is -0.483 e. The number of nitro groups is 1. The molecule has 0 aromatic heterocycles. The number of ether oxygens (including phenoxy) is 1. The first-order valence-corrected chi connectivity index (χ1v) is 7.67. The number of aryl methyl sites for hydroxylation is 2. The number of halogens is 2. The van der Waals surface area contributed by atoms with Crippen molar-refractivity contribution in [3.63, 3.8) is 0 Å². The molecule has 0 saturated heterocycles. The van der Waals surface area contributed by atoms with Crippen LogP contribution in [0, 0.1) is 24.0 Å². The maximum absolute atomic E-state index is 12.0. The molecule has 0 bridgehead atoms. The summed E-state index contributed by atoms with van der Waals surface area (Å²) in [5.41, 5.74) is 1.53. The van der Waals surface area contributed by atoms with Gasteiger partial charge in [0.05, 0.1) is 4.92 Å². The molecule has 2 aromatic rings. The van der Waals surface area contributed by atoms with Crippen molar-refractivity contribution < 1.29 is 14.5 Å². The first kappa shape index (κ1) is 18.0. The predicted octanol–water partition coefficient (Wildman–Crippen LogP) is 4.54. The van der Waals surface area contributed by atoms with Gasteiger partial charge in [-0.1, -0.05) is 23.2 Å². The summed E-state index contributed by atoms with van der Waals surface area (Å²) in [4.78, 5) is 22.3. The molecule has 0 spiro atoms. The molecule has 6 nitrogen and oxygen atoms in total. The van der Waals surface area contributed by atoms with Crippen LogP contribution >= 0.6 is 23.2 Å². The van der Waals surface area contributed by atoms with E-state index in [-0.39, 0.29) is 17.3 Å². The van der Waals surface area contributed by atoms with Crippen LogP contribution in [0.2, 0.25) is 10.0 Å². The van der Waals surface area contributed by atoms with E-state index in [1.807, 2.05) is 6.92 Å². The maximum atomic E-state index is 12.0. The molecular weight excluding hydrogens is 355 g/mol. The molecule has 1 N–H and O–H groups in total. The highest BCUT2D eigenvalue weighted by molar-refractivity contribution is 6.33. The van der Waals surface area contributed by atoms with Crippen LogP contribution in [-0.2, 0) is 4.79 Å². The molecule has 0 radical (unpaired) electrons. The summed E-state index contributed by atoms with van der Waals surface area (Å²) < 4.78 is 5.45. The molecule has 24 heavy (non-hydrogen) atoms. The molecule has 0 unspecified atom stereocenters. The Morgan fingerprint density at radius 2 is 1.92 bits per heavy atom. The number of hydrogen-bond donors (Lipinski definition) is 1. The lowest BCUT2D eigenvalue weighted by atomic mass is 10.1. The smallest absolute Gasteiger partial charge is 0.288 e. The summed E-state index contributed by atoms with van der Waals surface area (Å²) in [6.07, 6.45) is 0. The first-order chi connectivity index (χ1) is 11.3. The number of nitro benzene ring substituents is 1. The van der Waals surface area contributed by atoms with Crippen LogP contribution in [0.25, 0.3) is 0 Å². The molecule has 1 amide bonds. The third kappa shape index (κ3) is 4.37. The SMILES string of the molecule is Cc1cc([N+](=O)[O-])c(Cl)cc1NC(=O)COc1ccc(Cl)cc1C. The number of carbonyl (C=O) groups excluding carboxylic acids is 1. The normalized spacial score (nSPS) is 10.3. The van der Waals surface area contributed by atoms with Gasteiger partial charge in [-0.2, -0.15) is 0 Å². The highest BCUT2D eigenvalue weighted by Crippen LogP contribution is 2.30. The topological polar surface area (TPSA) is 81.5 Å². The Morgan fingerprint density at radius 3 is 2.54 bits per heavy atom. The van der Waals surface area contributed by atoms with Crippen molar-refractivity contribution in [3.8, 4) is 5.75 Å². The van der Waals surface area contributed by atoms with Crippen molar-refractivity contribution in [2.24, 2.45) is 0 Å². The van der Waals surface area contributed by atoms with Crippen molar-refractivity contribution in [2.45, 2.75) is 13.8 Å². The summed E-state index contributed by atoms with van der Waals surface area (Å²) in [6.45, 7) is 3.25. The third-order valence-electron chi connectivity index (χ3n) is 3.26. The molecule has 126 valence electrons. The Hall–Kier alpha value is -2.31. The van der Waals surface area contributed by atoms with Crippen LogP contribution < -0.4 is 10.1 Å². The lowest BCUT2D eigenvalue weighted by Gasteiger charge is -2.11. The second-order valence-corrected chi connectivity index (χ2v) is 5.97. The van der Waals surface area contributed by atoms with E-state index in [0.717, 1.165) is 5.56 Å². The average molecular weight is 369 g/mol. The lowest BCUT2D eigenvalue weighted by molar-refractivity contribution is -0.384. The summed E-state index contributed by atoms with van der Waals surface area (Å²) in [7, 11) is 0. The number of benzene rings is 2. The molecule has 0 atom stereocenters. The Bertz CT molecular complexity index is 809. The maximum Gasteiger partial charge on any atom is 0.288 e. The number of amides is 1. The van der Waals surface area contributed by atoms with Gasteiger partial charge in [0, 0.05) is 16.8 Å². The number of carbonyl (C=O) groups is 1.